The van der Waals surface area contributed by atoms with E-state index in [2.05, 4.69) is 53.5 Å². The molecule has 134 valence electrons. The lowest BCUT2D eigenvalue weighted by Crippen LogP contribution is -2.41. The van der Waals surface area contributed by atoms with Crippen LogP contribution < -0.4 is 15.4 Å². The fourth-order valence-electron chi connectivity index (χ4n) is 2.38. The Bertz CT molecular complexity index is 700. The monoisotopic (exact) mass is 340 g/mol. The van der Waals surface area contributed by atoms with Gasteiger partial charge in [-0.1, -0.05) is 18.2 Å². The highest BCUT2D eigenvalue weighted by Crippen LogP contribution is 2.13. The summed E-state index contributed by atoms with van der Waals surface area (Å²) >= 11 is 0. The number of guanidine groups is 1. The molecule has 1 atom stereocenters. The molecule has 2 aromatic rings. The second-order valence-electron chi connectivity index (χ2n) is 6.09. The predicted octanol–water partition coefficient (Wildman–Crippen LogP) is 3.22. The molecule has 1 unspecified atom stereocenters. The van der Waals surface area contributed by atoms with Crippen LogP contribution in [0.3, 0.4) is 0 Å². The zero-order valence-corrected chi connectivity index (χ0v) is 15.5. The van der Waals surface area contributed by atoms with E-state index in [0.717, 1.165) is 29.5 Å². The average Bonchev–Trinajstić information content (AvgIpc) is 2.58. The molecule has 0 spiro atoms. The van der Waals surface area contributed by atoms with E-state index in [1.807, 2.05) is 31.2 Å². The molecule has 0 radical (unpaired) electrons. The van der Waals surface area contributed by atoms with Crippen LogP contribution in [-0.4, -0.2) is 30.1 Å². The van der Waals surface area contributed by atoms with Crippen LogP contribution in [0, 0.1) is 13.8 Å². The number of pyridine rings is 1. The van der Waals surface area contributed by atoms with Gasteiger partial charge in [-0.25, -0.2) is 4.99 Å². The van der Waals surface area contributed by atoms with Crippen LogP contribution in [0.2, 0.25) is 0 Å². The first-order valence-electron chi connectivity index (χ1n) is 8.74. The fraction of sp³-hybridized carbons (Fsp3) is 0.400. The zero-order chi connectivity index (χ0) is 18.1. The Kier molecular flexibility index (Phi) is 7.26. The quantitative estimate of drug-likeness (QED) is 0.600. The third kappa shape index (κ3) is 6.45. The number of aryl methyl sites for hydroxylation is 2. The maximum atomic E-state index is 5.95. The van der Waals surface area contributed by atoms with Gasteiger partial charge in [0.15, 0.2) is 5.96 Å². The molecule has 2 rings (SSSR count). The van der Waals surface area contributed by atoms with Crippen molar-refractivity contribution in [2.45, 2.75) is 40.3 Å². The minimum atomic E-state index is 0.0299. The Morgan fingerprint density at radius 1 is 1.20 bits per heavy atom. The maximum Gasteiger partial charge on any atom is 0.191 e. The first kappa shape index (κ1) is 18.8. The summed E-state index contributed by atoms with van der Waals surface area (Å²) in [5.41, 5.74) is 3.33. The van der Waals surface area contributed by atoms with E-state index in [1.54, 1.807) is 6.20 Å². The highest BCUT2D eigenvalue weighted by Gasteiger charge is 2.06. The van der Waals surface area contributed by atoms with Crippen molar-refractivity contribution in [2.24, 2.45) is 4.99 Å². The first-order chi connectivity index (χ1) is 12.1. The molecule has 25 heavy (non-hydrogen) atoms. The molecule has 5 nitrogen and oxygen atoms in total. The normalized spacial score (nSPS) is 12.6. The van der Waals surface area contributed by atoms with Crippen LogP contribution in [0.1, 0.15) is 30.7 Å². The number of aromatic nitrogens is 1. The van der Waals surface area contributed by atoms with E-state index >= 15 is 0 Å². The van der Waals surface area contributed by atoms with Gasteiger partial charge >= 0.3 is 0 Å². The topological polar surface area (TPSA) is 58.5 Å². The maximum absolute atomic E-state index is 5.95. The molecule has 2 N–H and O–H groups in total. The van der Waals surface area contributed by atoms with Crippen molar-refractivity contribution in [2.75, 3.05) is 13.1 Å². The first-order valence-corrected chi connectivity index (χ1v) is 8.74. The molecule has 1 aromatic carbocycles. The van der Waals surface area contributed by atoms with Crippen LogP contribution in [0.25, 0.3) is 0 Å². The van der Waals surface area contributed by atoms with Crippen LogP contribution in [0.15, 0.2) is 47.6 Å². The summed E-state index contributed by atoms with van der Waals surface area (Å²) in [5.74, 6) is 1.66. The second kappa shape index (κ2) is 9.67. The average molecular weight is 340 g/mol. The molecular weight excluding hydrogens is 312 g/mol. The Labute approximate surface area is 150 Å². The van der Waals surface area contributed by atoms with Gasteiger partial charge in [-0.2, -0.15) is 0 Å². The standard InChI is InChI=1S/C20H28N4O/c1-5-21-20(24-14-19-16(3)9-7-11-22-19)23-13-17(4)25-18-10-6-8-15(2)12-18/h6-12,17H,5,13-14H2,1-4H3,(H2,21,23,24). The van der Waals surface area contributed by atoms with Gasteiger partial charge in [-0.05, 0) is 57.0 Å². The Morgan fingerprint density at radius 2 is 2.04 bits per heavy atom. The van der Waals surface area contributed by atoms with E-state index in [4.69, 9.17) is 4.74 Å². The van der Waals surface area contributed by atoms with E-state index in [-0.39, 0.29) is 6.10 Å². The van der Waals surface area contributed by atoms with Crippen molar-refractivity contribution in [3.05, 3.63) is 59.4 Å². The number of ether oxygens (including phenoxy) is 1. The molecule has 0 aliphatic heterocycles. The Hall–Kier alpha value is -2.56. The molecule has 0 fully saturated rings. The lowest BCUT2D eigenvalue weighted by atomic mass is 10.2. The summed E-state index contributed by atoms with van der Waals surface area (Å²) < 4.78 is 5.95. The lowest BCUT2D eigenvalue weighted by molar-refractivity contribution is 0.223. The van der Waals surface area contributed by atoms with Crippen molar-refractivity contribution < 1.29 is 4.74 Å². The molecule has 0 bridgehead atoms. The van der Waals surface area contributed by atoms with Gasteiger partial charge in [0.1, 0.15) is 11.9 Å². The number of hydrogen-bond donors (Lipinski definition) is 2. The molecule has 1 heterocycles. The van der Waals surface area contributed by atoms with Gasteiger partial charge in [0, 0.05) is 12.7 Å². The number of hydrogen-bond acceptors (Lipinski definition) is 3. The van der Waals surface area contributed by atoms with Crippen LogP contribution >= 0.6 is 0 Å². The molecule has 0 amide bonds. The molecule has 0 saturated heterocycles. The van der Waals surface area contributed by atoms with E-state index in [1.165, 1.54) is 5.56 Å². The predicted molar refractivity (Wildman–Crippen MR) is 103 cm³/mol. The van der Waals surface area contributed by atoms with Crippen LogP contribution in [0.4, 0.5) is 0 Å². The minimum Gasteiger partial charge on any atom is -0.489 e. The third-order valence-electron chi connectivity index (χ3n) is 3.73. The number of rotatable bonds is 7. The number of benzene rings is 1. The molecule has 0 saturated carbocycles. The van der Waals surface area contributed by atoms with Crippen molar-refractivity contribution in [1.82, 2.24) is 15.6 Å². The van der Waals surface area contributed by atoms with Crippen molar-refractivity contribution in [1.29, 1.82) is 0 Å². The number of nitrogens with one attached hydrogen (secondary N) is 2. The largest absolute Gasteiger partial charge is 0.489 e. The fourth-order valence-corrected chi connectivity index (χ4v) is 2.38. The molecule has 5 heteroatoms. The van der Waals surface area contributed by atoms with Crippen molar-refractivity contribution in [3.8, 4) is 5.75 Å². The number of nitrogens with zero attached hydrogens (tertiary/aromatic N) is 2. The van der Waals surface area contributed by atoms with Gasteiger partial charge in [0.05, 0.1) is 18.8 Å². The SMILES string of the molecule is CCNC(=NCc1ncccc1C)NCC(C)Oc1cccc(C)c1. The number of aliphatic imine (C=N–C) groups is 1. The van der Waals surface area contributed by atoms with Crippen molar-refractivity contribution in [3.63, 3.8) is 0 Å². The highest BCUT2D eigenvalue weighted by molar-refractivity contribution is 5.79. The summed E-state index contributed by atoms with van der Waals surface area (Å²) in [6, 6.07) is 12.1. The third-order valence-corrected chi connectivity index (χ3v) is 3.73. The van der Waals surface area contributed by atoms with Gasteiger partial charge in [-0.15, -0.1) is 0 Å². The summed E-state index contributed by atoms with van der Waals surface area (Å²) in [5, 5.41) is 6.59. The minimum absolute atomic E-state index is 0.0299. The van der Waals surface area contributed by atoms with Crippen molar-refractivity contribution >= 4 is 5.96 Å². The summed E-state index contributed by atoms with van der Waals surface area (Å²) in [6.45, 7) is 10.2. The lowest BCUT2D eigenvalue weighted by Gasteiger charge is -2.18. The van der Waals surface area contributed by atoms with Gasteiger partial charge in [0.25, 0.3) is 0 Å². The molecular formula is C20H28N4O. The summed E-state index contributed by atoms with van der Waals surface area (Å²) in [6.07, 6.45) is 1.83. The molecule has 0 aliphatic carbocycles. The Balaban J connectivity index is 1.90. The van der Waals surface area contributed by atoms with Gasteiger partial charge < -0.3 is 15.4 Å². The highest BCUT2D eigenvalue weighted by atomic mass is 16.5. The smallest absolute Gasteiger partial charge is 0.191 e. The molecule has 0 aliphatic rings. The Morgan fingerprint density at radius 3 is 2.76 bits per heavy atom. The van der Waals surface area contributed by atoms with Crippen LogP contribution in [0.5, 0.6) is 5.75 Å². The molecule has 1 aromatic heterocycles. The second-order valence-corrected chi connectivity index (χ2v) is 6.09. The summed E-state index contributed by atoms with van der Waals surface area (Å²) in [4.78, 5) is 9.00. The van der Waals surface area contributed by atoms with Crippen LogP contribution in [-0.2, 0) is 6.54 Å². The summed E-state index contributed by atoms with van der Waals surface area (Å²) in [7, 11) is 0. The van der Waals surface area contributed by atoms with E-state index in [9.17, 15) is 0 Å². The van der Waals surface area contributed by atoms with E-state index in [0.29, 0.717) is 13.1 Å². The van der Waals surface area contributed by atoms with Gasteiger partial charge in [0.2, 0.25) is 0 Å². The van der Waals surface area contributed by atoms with E-state index < -0.39 is 0 Å². The zero-order valence-electron chi connectivity index (χ0n) is 15.5. The van der Waals surface area contributed by atoms with Gasteiger partial charge in [-0.3, -0.25) is 4.98 Å².